The number of nitrogens with zero attached hydrogens (tertiary/aromatic N) is 2. The van der Waals surface area contributed by atoms with Crippen LogP contribution in [-0.2, 0) is 14.8 Å². The predicted molar refractivity (Wildman–Crippen MR) is 99.9 cm³/mol. The molecule has 2 aliphatic carbocycles. The normalized spacial score (nSPS) is 25.5. The molecule has 0 aliphatic heterocycles. The van der Waals surface area contributed by atoms with Crippen molar-refractivity contribution >= 4 is 21.6 Å². The summed E-state index contributed by atoms with van der Waals surface area (Å²) in [6, 6.07) is 8.32. The van der Waals surface area contributed by atoms with Gasteiger partial charge in [-0.2, -0.15) is 5.26 Å². The first-order valence-corrected chi connectivity index (χ1v) is 10.9. The van der Waals surface area contributed by atoms with Crippen LogP contribution in [0.1, 0.15) is 38.2 Å². The zero-order valence-electron chi connectivity index (χ0n) is 15.2. The van der Waals surface area contributed by atoms with Gasteiger partial charge in [-0.15, -0.1) is 0 Å². The van der Waals surface area contributed by atoms with Gasteiger partial charge in [-0.1, -0.05) is 12.5 Å². The van der Waals surface area contributed by atoms with Crippen LogP contribution in [-0.4, -0.2) is 33.2 Å². The Hall–Kier alpha value is -2.07. The topological polar surface area (TPSA) is 90.3 Å². The molecule has 0 heterocycles. The van der Waals surface area contributed by atoms with Crippen LogP contribution in [0.25, 0.3) is 0 Å². The minimum absolute atomic E-state index is 0.0460. The van der Waals surface area contributed by atoms with E-state index in [1.54, 1.807) is 18.2 Å². The predicted octanol–water partition coefficient (Wildman–Crippen LogP) is 2.27. The van der Waals surface area contributed by atoms with Gasteiger partial charge >= 0.3 is 0 Å². The lowest BCUT2D eigenvalue weighted by Crippen LogP contribution is -2.46. The second kappa shape index (κ2) is 7.28. The van der Waals surface area contributed by atoms with Crippen molar-refractivity contribution < 1.29 is 13.2 Å². The highest BCUT2D eigenvalue weighted by molar-refractivity contribution is 7.92. The smallest absolute Gasteiger partial charge is 0.240 e. The average molecular weight is 375 g/mol. The van der Waals surface area contributed by atoms with Crippen molar-refractivity contribution in [2.24, 2.45) is 17.8 Å². The molecule has 2 aliphatic rings. The van der Waals surface area contributed by atoms with Crippen LogP contribution in [0.5, 0.6) is 0 Å². The summed E-state index contributed by atoms with van der Waals surface area (Å²) in [6.07, 6.45) is 6.04. The highest BCUT2D eigenvalue weighted by Crippen LogP contribution is 2.49. The van der Waals surface area contributed by atoms with Crippen LogP contribution >= 0.6 is 0 Å². The zero-order chi connectivity index (χ0) is 18.9. The van der Waals surface area contributed by atoms with Gasteiger partial charge in [0.05, 0.1) is 23.6 Å². The standard InChI is InChI=1S/C19H25N3O3S/c1-13(18-10-14-6-7-16(18)8-14)21-19(23)12-22(26(2,24)25)17-5-3-4-15(9-17)11-20/h3-5,9,13-14,16,18H,6-8,10,12H2,1-2H3,(H,21,23)/t13-,14+,16+,18+/m1/s1. The fraction of sp³-hybridized carbons (Fsp3) is 0.579. The molecular formula is C19H25N3O3S. The Labute approximate surface area is 155 Å². The molecule has 4 atom stereocenters. The van der Waals surface area contributed by atoms with E-state index in [1.807, 2.05) is 13.0 Å². The number of rotatable bonds is 6. The molecule has 3 rings (SSSR count). The van der Waals surface area contributed by atoms with Crippen LogP contribution in [0.2, 0.25) is 0 Å². The summed E-state index contributed by atoms with van der Waals surface area (Å²) < 4.78 is 25.4. The Kier molecular flexibility index (Phi) is 5.24. The van der Waals surface area contributed by atoms with Gasteiger partial charge < -0.3 is 5.32 Å². The lowest BCUT2D eigenvalue weighted by molar-refractivity contribution is -0.120. The van der Waals surface area contributed by atoms with Gasteiger partial charge in [-0.05, 0) is 62.1 Å². The van der Waals surface area contributed by atoms with Gasteiger partial charge in [0, 0.05) is 6.04 Å². The fourth-order valence-corrected chi connectivity index (χ4v) is 5.42. The van der Waals surface area contributed by atoms with Crippen molar-refractivity contribution in [2.75, 3.05) is 17.1 Å². The van der Waals surface area contributed by atoms with E-state index in [0.717, 1.165) is 22.9 Å². The average Bonchev–Trinajstić information content (AvgIpc) is 3.22. The van der Waals surface area contributed by atoms with Gasteiger partial charge in [0.15, 0.2) is 0 Å². The minimum atomic E-state index is -3.64. The maximum atomic E-state index is 12.5. The summed E-state index contributed by atoms with van der Waals surface area (Å²) in [5.74, 6) is 1.67. The minimum Gasteiger partial charge on any atom is -0.352 e. The second-order valence-corrected chi connectivity index (χ2v) is 9.53. The van der Waals surface area contributed by atoms with Gasteiger partial charge in [0.25, 0.3) is 0 Å². The maximum absolute atomic E-state index is 12.5. The highest BCUT2D eigenvalue weighted by atomic mass is 32.2. The summed E-state index contributed by atoms with van der Waals surface area (Å²) >= 11 is 0. The lowest BCUT2D eigenvalue weighted by Gasteiger charge is -2.29. The largest absolute Gasteiger partial charge is 0.352 e. The van der Waals surface area contributed by atoms with Crippen LogP contribution in [0.15, 0.2) is 24.3 Å². The van der Waals surface area contributed by atoms with E-state index >= 15 is 0 Å². The number of carbonyl (C=O) groups excluding carboxylic acids is 1. The van der Waals surface area contributed by atoms with Crippen molar-refractivity contribution in [1.82, 2.24) is 5.32 Å². The van der Waals surface area contributed by atoms with E-state index in [-0.39, 0.29) is 18.5 Å². The van der Waals surface area contributed by atoms with E-state index < -0.39 is 10.0 Å². The third-order valence-electron chi connectivity index (χ3n) is 5.77. The number of nitriles is 1. The first-order valence-electron chi connectivity index (χ1n) is 9.05. The molecule has 0 spiro atoms. The van der Waals surface area contributed by atoms with Crippen molar-refractivity contribution in [1.29, 1.82) is 5.26 Å². The van der Waals surface area contributed by atoms with Gasteiger partial charge in [0.1, 0.15) is 6.54 Å². The van der Waals surface area contributed by atoms with E-state index in [1.165, 1.54) is 25.3 Å². The van der Waals surface area contributed by atoms with Crippen LogP contribution < -0.4 is 9.62 Å². The molecule has 0 radical (unpaired) electrons. The number of hydrogen-bond acceptors (Lipinski definition) is 4. The van der Waals surface area contributed by atoms with Crippen molar-refractivity contribution in [3.8, 4) is 6.07 Å². The molecule has 1 aromatic carbocycles. The summed E-state index contributed by atoms with van der Waals surface area (Å²) in [5.41, 5.74) is 0.682. The number of sulfonamides is 1. The van der Waals surface area contributed by atoms with Crippen molar-refractivity contribution in [2.45, 2.75) is 38.6 Å². The quantitative estimate of drug-likeness (QED) is 0.826. The molecular weight excluding hydrogens is 350 g/mol. The maximum Gasteiger partial charge on any atom is 0.240 e. The fourth-order valence-electron chi connectivity index (χ4n) is 4.57. The number of benzene rings is 1. The molecule has 2 saturated carbocycles. The number of nitrogens with one attached hydrogen (secondary N) is 1. The molecule has 1 N–H and O–H groups in total. The number of amides is 1. The van der Waals surface area contributed by atoms with Crippen LogP contribution in [0, 0.1) is 29.1 Å². The molecule has 1 aromatic rings. The van der Waals surface area contributed by atoms with Gasteiger partial charge in [0.2, 0.25) is 15.9 Å². The molecule has 26 heavy (non-hydrogen) atoms. The molecule has 2 fully saturated rings. The Morgan fingerprint density at radius 3 is 2.73 bits per heavy atom. The Morgan fingerprint density at radius 1 is 1.38 bits per heavy atom. The Bertz CT molecular complexity index is 831. The van der Waals surface area contributed by atoms with Crippen molar-refractivity contribution in [3.05, 3.63) is 29.8 Å². The summed E-state index contributed by atoms with van der Waals surface area (Å²) in [5, 5.41) is 12.0. The SMILES string of the molecule is C[C@@H](NC(=O)CN(c1cccc(C#N)c1)S(C)(=O)=O)[C@@H]1C[C@H]2CC[C@H]1C2. The Balaban J connectivity index is 1.69. The highest BCUT2D eigenvalue weighted by Gasteiger charge is 2.42. The monoisotopic (exact) mass is 375 g/mol. The number of anilines is 1. The first kappa shape index (κ1) is 18.7. The number of fused-ring (bicyclic) bond motifs is 2. The summed E-state index contributed by atoms with van der Waals surface area (Å²) in [4.78, 5) is 12.5. The Morgan fingerprint density at radius 2 is 2.15 bits per heavy atom. The second-order valence-electron chi connectivity index (χ2n) is 7.63. The third kappa shape index (κ3) is 4.01. The molecule has 0 unspecified atom stereocenters. The molecule has 7 heteroatoms. The van der Waals surface area contributed by atoms with Crippen molar-refractivity contribution in [3.63, 3.8) is 0 Å². The summed E-state index contributed by atoms with van der Waals surface area (Å²) in [6.45, 7) is 1.74. The first-order chi connectivity index (χ1) is 12.3. The van der Waals surface area contributed by atoms with Gasteiger partial charge in [-0.25, -0.2) is 8.42 Å². The van der Waals surface area contributed by atoms with Crippen LogP contribution in [0.4, 0.5) is 5.69 Å². The molecule has 2 bridgehead atoms. The molecule has 0 saturated heterocycles. The van der Waals surface area contributed by atoms with E-state index in [0.29, 0.717) is 23.1 Å². The molecule has 6 nitrogen and oxygen atoms in total. The molecule has 140 valence electrons. The van der Waals surface area contributed by atoms with E-state index in [9.17, 15) is 13.2 Å². The zero-order valence-corrected chi connectivity index (χ0v) is 16.0. The molecule has 0 aromatic heterocycles. The molecule has 1 amide bonds. The number of hydrogen-bond donors (Lipinski definition) is 1. The van der Waals surface area contributed by atoms with E-state index in [2.05, 4.69) is 5.32 Å². The van der Waals surface area contributed by atoms with Gasteiger partial charge in [-0.3, -0.25) is 9.10 Å². The van der Waals surface area contributed by atoms with Crippen LogP contribution in [0.3, 0.4) is 0 Å². The number of carbonyl (C=O) groups is 1. The third-order valence-corrected chi connectivity index (χ3v) is 6.92. The van der Waals surface area contributed by atoms with E-state index in [4.69, 9.17) is 5.26 Å². The lowest BCUT2D eigenvalue weighted by atomic mass is 9.84. The summed E-state index contributed by atoms with van der Waals surface area (Å²) in [7, 11) is -3.64.